The number of nitrogens with one attached hydrogen (secondary N) is 2. The van der Waals surface area contributed by atoms with Crippen LogP contribution < -0.4 is 10.6 Å². The van der Waals surface area contributed by atoms with Crippen molar-refractivity contribution < 1.29 is 19.2 Å². The van der Waals surface area contributed by atoms with Crippen molar-refractivity contribution >= 4 is 40.7 Å². The van der Waals surface area contributed by atoms with Gasteiger partial charge in [-0.05, 0) is 36.5 Å². The van der Waals surface area contributed by atoms with Crippen LogP contribution in [0.3, 0.4) is 0 Å². The number of aromatic hydroxyl groups is 1. The van der Waals surface area contributed by atoms with Gasteiger partial charge in [0.2, 0.25) is 5.91 Å². The molecule has 1 aromatic heterocycles. The fourth-order valence-electron chi connectivity index (χ4n) is 1.59. The van der Waals surface area contributed by atoms with E-state index in [0.717, 1.165) is 18.2 Å². The molecule has 0 aliphatic heterocycles. The lowest BCUT2D eigenvalue weighted by Crippen LogP contribution is -2.32. The van der Waals surface area contributed by atoms with Gasteiger partial charge in [-0.15, -0.1) is 0 Å². The second kappa shape index (κ2) is 7.18. The van der Waals surface area contributed by atoms with Crippen molar-refractivity contribution in [1.82, 2.24) is 5.32 Å². The number of carbonyl (C=O) groups excluding carboxylic acids is 1. The first-order valence-corrected chi connectivity index (χ1v) is 6.67. The molecule has 0 fully saturated rings. The van der Waals surface area contributed by atoms with Crippen LogP contribution in [0.15, 0.2) is 47.1 Å². The molecule has 0 bridgehead atoms. The third-order valence-corrected chi connectivity index (χ3v) is 2.82. The van der Waals surface area contributed by atoms with Crippen LogP contribution in [0.2, 0.25) is 0 Å². The number of anilines is 1. The van der Waals surface area contributed by atoms with Crippen molar-refractivity contribution in [2.24, 2.45) is 0 Å². The van der Waals surface area contributed by atoms with Gasteiger partial charge in [0.25, 0.3) is 5.69 Å². The number of phenols is 1. The molecule has 8 nitrogen and oxygen atoms in total. The summed E-state index contributed by atoms with van der Waals surface area (Å²) in [6.07, 6.45) is 4.12. The minimum atomic E-state index is -0.613. The van der Waals surface area contributed by atoms with Gasteiger partial charge in [0.05, 0.1) is 16.9 Å². The van der Waals surface area contributed by atoms with E-state index in [9.17, 15) is 20.0 Å². The Labute approximate surface area is 135 Å². The van der Waals surface area contributed by atoms with Gasteiger partial charge in [-0.2, -0.15) is 0 Å². The molecule has 0 radical (unpaired) electrons. The maximum atomic E-state index is 11.7. The van der Waals surface area contributed by atoms with Gasteiger partial charge < -0.3 is 14.8 Å². The Kier molecular flexibility index (Phi) is 5.05. The molecule has 1 heterocycles. The summed E-state index contributed by atoms with van der Waals surface area (Å²) >= 11 is 4.91. The molecule has 0 saturated carbocycles. The number of furan rings is 1. The first-order chi connectivity index (χ1) is 11.0. The molecule has 23 heavy (non-hydrogen) atoms. The molecule has 0 saturated heterocycles. The van der Waals surface area contributed by atoms with Gasteiger partial charge in [-0.25, -0.2) is 0 Å². The average Bonchev–Trinajstić information content (AvgIpc) is 3.00. The Balaban J connectivity index is 1.98. The van der Waals surface area contributed by atoms with E-state index in [1.165, 1.54) is 18.4 Å². The van der Waals surface area contributed by atoms with Crippen molar-refractivity contribution in [3.05, 3.63) is 58.5 Å². The number of thiocarbonyl (C=S) groups is 1. The number of phenolic OH excluding ortho intramolecular Hbond substituents is 1. The normalized spacial score (nSPS) is 10.4. The highest BCUT2D eigenvalue weighted by molar-refractivity contribution is 7.80. The van der Waals surface area contributed by atoms with Gasteiger partial charge in [-0.3, -0.25) is 20.2 Å². The number of amides is 1. The highest BCUT2D eigenvalue weighted by Crippen LogP contribution is 2.27. The zero-order valence-electron chi connectivity index (χ0n) is 11.6. The molecular weight excluding hydrogens is 322 g/mol. The Morgan fingerprint density at radius 3 is 2.83 bits per heavy atom. The summed E-state index contributed by atoms with van der Waals surface area (Å²) in [5.74, 6) is -0.266. The predicted octanol–water partition coefficient (Wildman–Crippen LogP) is 2.42. The van der Waals surface area contributed by atoms with Gasteiger partial charge in [0, 0.05) is 18.2 Å². The summed E-state index contributed by atoms with van der Waals surface area (Å²) in [5.41, 5.74) is -0.211. The molecule has 0 atom stereocenters. The summed E-state index contributed by atoms with van der Waals surface area (Å²) in [7, 11) is 0. The molecular formula is C14H11N3O5S. The third-order valence-electron chi connectivity index (χ3n) is 2.62. The number of carbonyl (C=O) groups is 1. The fourth-order valence-corrected chi connectivity index (χ4v) is 1.80. The van der Waals surface area contributed by atoms with E-state index in [2.05, 4.69) is 10.6 Å². The number of hydrogen-bond donors (Lipinski definition) is 3. The molecule has 2 aromatic rings. The largest absolute Gasteiger partial charge is 0.506 e. The van der Waals surface area contributed by atoms with E-state index in [4.69, 9.17) is 16.6 Å². The number of benzene rings is 1. The van der Waals surface area contributed by atoms with Crippen LogP contribution in [-0.4, -0.2) is 21.0 Å². The first-order valence-electron chi connectivity index (χ1n) is 6.26. The average molecular weight is 333 g/mol. The van der Waals surface area contributed by atoms with Crippen LogP contribution in [0.5, 0.6) is 5.75 Å². The third kappa shape index (κ3) is 4.64. The summed E-state index contributed by atoms with van der Waals surface area (Å²) in [5, 5.41) is 25.1. The number of nitro benzene ring substituents is 1. The molecule has 1 amide bonds. The second-order valence-electron chi connectivity index (χ2n) is 4.25. The van der Waals surface area contributed by atoms with Crippen LogP contribution in [-0.2, 0) is 4.79 Å². The Hall–Kier alpha value is -3.20. The minimum Gasteiger partial charge on any atom is -0.506 e. The number of nitro groups is 1. The monoisotopic (exact) mass is 333 g/mol. The Morgan fingerprint density at radius 1 is 1.39 bits per heavy atom. The zero-order chi connectivity index (χ0) is 16.8. The van der Waals surface area contributed by atoms with E-state index in [1.54, 1.807) is 12.1 Å². The minimum absolute atomic E-state index is 0.0134. The van der Waals surface area contributed by atoms with Crippen LogP contribution in [0.25, 0.3) is 6.08 Å². The van der Waals surface area contributed by atoms with Crippen molar-refractivity contribution in [2.45, 2.75) is 0 Å². The van der Waals surface area contributed by atoms with Gasteiger partial charge in [-0.1, -0.05) is 0 Å². The van der Waals surface area contributed by atoms with Crippen LogP contribution in [0.4, 0.5) is 11.4 Å². The van der Waals surface area contributed by atoms with Crippen LogP contribution in [0.1, 0.15) is 5.76 Å². The van der Waals surface area contributed by atoms with Gasteiger partial charge in [0.1, 0.15) is 11.5 Å². The highest BCUT2D eigenvalue weighted by Gasteiger charge is 2.11. The van der Waals surface area contributed by atoms with E-state index in [-0.39, 0.29) is 22.2 Å². The summed E-state index contributed by atoms with van der Waals surface area (Å²) < 4.78 is 5.02. The van der Waals surface area contributed by atoms with Crippen molar-refractivity contribution in [3.63, 3.8) is 0 Å². The number of rotatable bonds is 4. The summed E-state index contributed by atoms with van der Waals surface area (Å²) in [4.78, 5) is 21.7. The van der Waals surface area contributed by atoms with E-state index in [1.807, 2.05) is 0 Å². The van der Waals surface area contributed by atoms with Crippen molar-refractivity contribution in [3.8, 4) is 5.75 Å². The smallest absolute Gasteiger partial charge is 0.271 e. The predicted molar refractivity (Wildman–Crippen MR) is 86.9 cm³/mol. The number of non-ortho nitro benzene ring substituents is 1. The molecule has 3 N–H and O–H groups in total. The molecule has 118 valence electrons. The SMILES string of the molecule is O=C(/C=C/c1ccco1)NC(=S)Nc1cc([N+](=O)[O-])ccc1O. The molecule has 0 aliphatic carbocycles. The highest BCUT2D eigenvalue weighted by atomic mass is 32.1. The topological polar surface area (TPSA) is 118 Å². The maximum Gasteiger partial charge on any atom is 0.271 e. The fraction of sp³-hybridized carbons (Fsp3) is 0. The molecule has 0 unspecified atom stereocenters. The lowest BCUT2D eigenvalue weighted by molar-refractivity contribution is -0.384. The number of nitrogens with zero attached hydrogens (tertiary/aromatic N) is 1. The number of hydrogen-bond acceptors (Lipinski definition) is 6. The molecule has 9 heteroatoms. The molecule has 2 rings (SSSR count). The summed E-state index contributed by atoms with van der Waals surface area (Å²) in [6, 6.07) is 6.75. The standard InChI is InChI=1S/C14H11N3O5S/c18-12-5-3-9(17(20)21)8-11(12)15-14(23)16-13(19)6-4-10-2-1-7-22-10/h1-8,18H,(H2,15,16,19,23)/b6-4+. The van der Waals surface area contributed by atoms with Crippen LogP contribution in [0, 0.1) is 10.1 Å². The molecule has 0 aliphatic rings. The van der Waals surface area contributed by atoms with E-state index >= 15 is 0 Å². The maximum absolute atomic E-state index is 11.7. The van der Waals surface area contributed by atoms with Crippen LogP contribution >= 0.6 is 12.2 Å². The van der Waals surface area contributed by atoms with E-state index < -0.39 is 10.8 Å². The van der Waals surface area contributed by atoms with Crippen molar-refractivity contribution in [2.75, 3.05) is 5.32 Å². The Morgan fingerprint density at radius 2 is 2.17 bits per heavy atom. The zero-order valence-corrected chi connectivity index (χ0v) is 12.4. The molecule has 0 spiro atoms. The Bertz CT molecular complexity index is 771. The quantitative estimate of drug-likeness (QED) is 0.258. The van der Waals surface area contributed by atoms with Gasteiger partial charge in [0.15, 0.2) is 5.11 Å². The first kappa shape index (κ1) is 16.2. The lowest BCUT2D eigenvalue weighted by Gasteiger charge is -2.09. The molecule has 1 aromatic carbocycles. The van der Waals surface area contributed by atoms with Crippen molar-refractivity contribution in [1.29, 1.82) is 0 Å². The summed E-state index contributed by atoms with van der Waals surface area (Å²) in [6.45, 7) is 0. The lowest BCUT2D eigenvalue weighted by atomic mass is 10.2. The van der Waals surface area contributed by atoms with Gasteiger partial charge >= 0.3 is 0 Å². The van der Waals surface area contributed by atoms with E-state index in [0.29, 0.717) is 5.76 Å². The second-order valence-corrected chi connectivity index (χ2v) is 4.66.